The fraction of sp³-hybridized carbons (Fsp3) is 0.400. The maximum atomic E-state index is 13.0. The molecule has 0 saturated carbocycles. The minimum absolute atomic E-state index is 0.0147. The smallest absolute Gasteiger partial charge is 0.271 e. The summed E-state index contributed by atoms with van der Waals surface area (Å²) in [7, 11) is -1.87. The Balaban J connectivity index is 1.17. The summed E-state index contributed by atoms with van der Waals surface area (Å²) < 4.78 is 27.8. The van der Waals surface area contributed by atoms with Gasteiger partial charge in [0.1, 0.15) is 5.69 Å². The second-order valence-corrected chi connectivity index (χ2v) is 12.5. The molecular formula is C25H27ClN4O4S2. The third kappa shape index (κ3) is 4.81. The maximum absolute atomic E-state index is 13.0. The van der Waals surface area contributed by atoms with E-state index in [0.717, 1.165) is 22.1 Å². The molecule has 3 heterocycles. The van der Waals surface area contributed by atoms with Crippen LogP contribution in [0.25, 0.3) is 10.8 Å². The van der Waals surface area contributed by atoms with Crippen molar-refractivity contribution >= 4 is 55.4 Å². The molecule has 190 valence electrons. The number of sulfone groups is 1. The van der Waals surface area contributed by atoms with Crippen molar-refractivity contribution in [2.24, 2.45) is 4.99 Å². The van der Waals surface area contributed by atoms with Crippen LogP contribution < -0.4 is 4.80 Å². The van der Waals surface area contributed by atoms with Gasteiger partial charge in [0.2, 0.25) is 5.91 Å². The molecule has 1 saturated heterocycles. The van der Waals surface area contributed by atoms with E-state index < -0.39 is 9.84 Å². The summed E-state index contributed by atoms with van der Waals surface area (Å²) in [5, 5.41) is 4.10. The van der Waals surface area contributed by atoms with E-state index in [1.165, 1.54) is 11.3 Å². The minimum atomic E-state index is -3.60. The number of halogens is 1. The van der Waals surface area contributed by atoms with Crippen molar-refractivity contribution in [3.05, 3.63) is 57.3 Å². The second-order valence-electron chi connectivity index (χ2n) is 9.11. The molecule has 2 aliphatic rings. The highest BCUT2D eigenvalue weighted by Gasteiger charge is 2.34. The van der Waals surface area contributed by atoms with E-state index in [4.69, 9.17) is 11.6 Å². The van der Waals surface area contributed by atoms with Gasteiger partial charge in [-0.05, 0) is 47.9 Å². The number of benzene rings is 2. The summed E-state index contributed by atoms with van der Waals surface area (Å²) in [6.07, 6.45) is 1.31. The Morgan fingerprint density at radius 2 is 1.81 bits per heavy atom. The first-order valence-corrected chi connectivity index (χ1v) is 14.8. The lowest BCUT2D eigenvalue weighted by Crippen LogP contribution is -2.52. The molecular weight excluding hydrogens is 520 g/mol. The Kier molecular flexibility index (Phi) is 6.93. The van der Waals surface area contributed by atoms with Crippen molar-refractivity contribution < 1.29 is 18.0 Å². The first-order chi connectivity index (χ1) is 17.3. The lowest BCUT2D eigenvalue weighted by Gasteiger charge is -2.40. The van der Waals surface area contributed by atoms with Crippen molar-refractivity contribution in [3.8, 4) is 0 Å². The van der Waals surface area contributed by atoms with Crippen molar-refractivity contribution in [1.29, 1.82) is 0 Å². The topological polar surface area (TPSA) is 92.1 Å². The number of aromatic nitrogens is 1. The fourth-order valence-corrected chi connectivity index (χ4v) is 7.32. The molecule has 8 nitrogen and oxygen atoms in total. The largest absolute Gasteiger partial charge is 0.343 e. The van der Waals surface area contributed by atoms with Gasteiger partial charge in [0.25, 0.3) is 5.91 Å². The van der Waals surface area contributed by atoms with Gasteiger partial charge in [-0.1, -0.05) is 23.7 Å². The van der Waals surface area contributed by atoms with Crippen LogP contribution in [0.15, 0.2) is 51.7 Å². The van der Waals surface area contributed by atoms with Gasteiger partial charge in [-0.15, -0.1) is 11.3 Å². The third-order valence-corrected chi connectivity index (χ3v) is 9.91. The zero-order valence-corrected chi connectivity index (χ0v) is 22.3. The quantitative estimate of drug-likeness (QED) is 0.491. The van der Waals surface area contributed by atoms with Crippen LogP contribution in [-0.2, 0) is 21.2 Å². The number of carbonyl (C=O) groups is 2. The molecule has 0 N–H and O–H groups in total. The van der Waals surface area contributed by atoms with E-state index in [-0.39, 0.29) is 34.9 Å². The molecule has 0 atom stereocenters. The van der Waals surface area contributed by atoms with Crippen LogP contribution in [0.2, 0.25) is 5.02 Å². The van der Waals surface area contributed by atoms with Gasteiger partial charge in [-0.2, -0.15) is 0 Å². The summed E-state index contributed by atoms with van der Waals surface area (Å²) in [4.78, 5) is 34.8. The molecule has 0 aliphatic carbocycles. The van der Waals surface area contributed by atoms with E-state index in [1.54, 1.807) is 48.3 Å². The normalized spacial score (nSPS) is 17.6. The molecule has 0 unspecified atom stereocenters. The molecule has 0 bridgehead atoms. The molecule has 0 radical (unpaired) electrons. The number of fused-ring (bicyclic) bond motifs is 2. The van der Waals surface area contributed by atoms with Crippen LogP contribution in [-0.4, -0.2) is 73.1 Å². The van der Waals surface area contributed by atoms with Crippen molar-refractivity contribution in [3.63, 3.8) is 0 Å². The van der Waals surface area contributed by atoms with Crippen LogP contribution in [0.1, 0.15) is 29.8 Å². The predicted octanol–water partition coefficient (Wildman–Crippen LogP) is 3.20. The minimum Gasteiger partial charge on any atom is -0.343 e. The first kappa shape index (κ1) is 25.0. The molecule has 36 heavy (non-hydrogen) atoms. The number of thiazole rings is 1. The van der Waals surface area contributed by atoms with Crippen molar-refractivity contribution in [2.45, 2.75) is 36.7 Å². The van der Waals surface area contributed by atoms with Crippen LogP contribution in [0.4, 0.5) is 0 Å². The molecule has 2 aromatic carbocycles. The lowest BCUT2D eigenvalue weighted by molar-refractivity contribution is -0.132. The van der Waals surface area contributed by atoms with E-state index in [1.807, 2.05) is 14.8 Å². The number of amides is 2. The van der Waals surface area contributed by atoms with Crippen LogP contribution >= 0.6 is 22.9 Å². The number of carbonyl (C=O) groups excluding carboxylic acids is 2. The molecule has 5 rings (SSSR count). The summed E-state index contributed by atoms with van der Waals surface area (Å²) in [5.41, 5.74) is 0.673. The van der Waals surface area contributed by atoms with Crippen LogP contribution in [0.3, 0.4) is 0 Å². The van der Waals surface area contributed by atoms with Gasteiger partial charge in [0, 0.05) is 56.1 Å². The molecule has 0 spiro atoms. The lowest BCUT2D eigenvalue weighted by atomic mass is 10.0. The van der Waals surface area contributed by atoms with Gasteiger partial charge < -0.3 is 14.4 Å². The van der Waals surface area contributed by atoms with E-state index in [9.17, 15) is 18.0 Å². The number of rotatable bonds is 5. The molecule has 1 aromatic heterocycles. The van der Waals surface area contributed by atoms with Crippen molar-refractivity contribution in [2.75, 3.05) is 32.4 Å². The Bertz CT molecular complexity index is 1500. The summed E-state index contributed by atoms with van der Waals surface area (Å²) in [5.74, 6) is -0.390. The average Bonchev–Trinajstić information content (AvgIpc) is 3.31. The number of hydrogen-bond donors (Lipinski definition) is 0. The zero-order chi connectivity index (χ0) is 25.4. The Labute approximate surface area is 218 Å². The van der Waals surface area contributed by atoms with Gasteiger partial charge >= 0.3 is 0 Å². The summed E-state index contributed by atoms with van der Waals surface area (Å²) in [6.45, 7) is 2.38. The zero-order valence-electron chi connectivity index (χ0n) is 19.9. The Hall–Kier alpha value is -2.69. The number of likely N-dealkylation sites (tertiary alicyclic amines) is 1. The van der Waals surface area contributed by atoms with Crippen LogP contribution in [0, 0.1) is 0 Å². The van der Waals surface area contributed by atoms with Gasteiger partial charge in [-0.25, -0.2) is 8.42 Å². The highest BCUT2D eigenvalue weighted by molar-refractivity contribution is 7.91. The molecule has 2 amide bonds. The SMILES string of the molecule is C/N=c1\scc2n1CCN(C1CCN(C(=O)CCS(=O)(=O)c3ccc4cc(Cl)ccc4c3)CC1)C2=O. The van der Waals surface area contributed by atoms with E-state index in [2.05, 4.69) is 4.99 Å². The van der Waals surface area contributed by atoms with E-state index >= 15 is 0 Å². The number of nitrogens with zero attached hydrogens (tertiary/aromatic N) is 4. The predicted molar refractivity (Wildman–Crippen MR) is 140 cm³/mol. The third-order valence-electron chi connectivity index (χ3n) is 7.01. The average molecular weight is 547 g/mol. The number of piperidine rings is 1. The van der Waals surface area contributed by atoms with Crippen molar-refractivity contribution in [1.82, 2.24) is 14.4 Å². The fourth-order valence-electron chi connectivity index (χ4n) is 5.01. The highest BCUT2D eigenvalue weighted by atomic mass is 35.5. The second kappa shape index (κ2) is 9.99. The molecule has 11 heteroatoms. The first-order valence-electron chi connectivity index (χ1n) is 11.9. The van der Waals surface area contributed by atoms with Gasteiger partial charge in [-0.3, -0.25) is 14.6 Å². The van der Waals surface area contributed by atoms with Gasteiger partial charge in [0.15, 0.2) is 14.6 Å². The monoisotopic (exact) mass is 546 g/mol. The van der Waals surface area contributed by atoms with Crippen LogP contribution in [0.5, 0.6) is 0 Å². The summed E-state index contributed by atoms with van der Waals surface area (Å²) >= 11 is 7.48. The highest BCUT2D eigenvalue weighted by Crippen LogP contribution is 2.25. The Morgan fingerprint density at radius 3 is 2.56 bits per heavy atom. The summed E-state index contributed by atoms with van der Waals surface area (Å²) in [6, 6.07) is 10.3. The molecule has 2 aliphatic heterocycles. The Morgan fingerprint density at radius 1 is 1.08 bits per heavy atom. The van der Waals surface area contributed by atoms with Gasteiger partial charge in [0.05, 0.1) is 10.6 Å². The molecule has 3 aromatic rings. The van der Waals surface area contributed by atoms with E-state index in [0.29, 0.717) is 43.2 Å². The maximum Gasteiger partial charge on any atom is 0.271 e. The standard InChI is InChI=1S/C25H27ClN4O4S2/c1-27-25-30-12-11-29(24(32)22(30)16-35-25)20-6-9-28(10-7-20)23(31)8-13-36(33,34)21-5-3-17-14-19(26)4-2-18(17)15-21/h2-5,14-16,20H,6-13H2,1H3/b27-25-. The molecule has 1 fully saturated rings. The number of hydrogen-bond acceptors (Lipinski definition) is 6.